The standard InChI is InChI=1S/C22H22N2O3S/c1-15-4-10-19(11-5-15)23-22(25)18-9-8-17(3)21(14-18)28(26,27)24-20-12-6-16(2)7-13-20/h4-14,24H,1-3H3,(H,23,25). The van der Waals surface area contributed by atoms with Gasteiger partial charge >= 0.3 is 0 Å². The molecule has 0 saturated carbocycles. The van der Waals surface area contributed by atoms with Crippen molar-refractivity contribution in [1.82, 2.24) is 0 Å². The Hall–Kier alpha value is -3.12. The lowest BCUT2D eigenvalue weighted by molar-refractivity contribution is 0.102. The van der Waals surface area contributed by atoms with Crippen molar-refractivity contribution >= 4 is 27.3 Å². The van der Waals surface area contributed by atoms with E-state index >= 15 is 0 Å². The summed E-state index contributed by atoms with van der Waals surface area (Å²) in [6.45, 7) is 5.59. The third-order valence-electron chi connectivity index (χ3n) is 4.35. The van der Waals surface area contributed by atoms with Gasteiger partial charge in [-0.1, -0.05) is 41.5 Å². The Labute approximate surface area is 165 Å². The van der Waals surface area contributed by atoms with Crippen molar-refractivity contribution in [3.05, 3.63) is 89.0 Å². The zero-order valence-corrected chi connectivity index (χ0v) is 16.8. The molecule has 0 saturated heterocycles. The number of carbonyl (C=O) groups excluding carboxylic acids is 1. The third kappa shape index (κ3) is 4.58. The van der Waals surface area contributed by atoms with Crippen molar-refractivity contribution in [2.45, 2.75) is 25.7 Å². The molecule has 28 heavy (non-hydrogen) atoms. The highest BCUT2D eigenvalue weighted by Crippen LogP contribution is 2.22. The second-order valence-electron chi connectivity index (χ2n) is 6.77. The Kier molecular flexibility index (Phi) is 5.51. The van der Waals surface area contributed by atoms with E-state index in [9.17, 15) is 13.2 Å². The second-order valence-corrected chi connectivity index (χ2v) is 8.42. The summed E-state index contributed by atoms with van der Waals surface area (Å²) < 4.78 is 28.2. The molecule has 0 radical (unpaired) electrons. The van der Waals surface area contributed by atoms with Crippen LogP contribution in [0.3, 0.4) is 0 Å². The van der Waals surface area contributed by atoms with E-state index < -0.39 is 10.0 Å². The Bertz CT molecular complexity index is 1100. The number of hydrogen-bond acceptors (Lipinski definition) is 3. The Morgan fingerprint density at radius 3 is 1.86 bits per heavy atom. The number of aryl methyl sites for hydroxylation is 3. The molecule has 0 bridgehead atoms. The molecule has 6 heteroatoms. The smallest absolute Gasteiger partial charge is 0.262 e. The van der Waals surface area contributed by atoms with E-state index in [4.69, 9.17) is 0 Å². The van der Waals surface area contributed by atoms with Crippen molar-refractivity contribution in [3.8, 4) is 0 Å². The van der Waals surface area contributed by atoms with Crippen LogP contribution in [-0.4, -0.2) is 14.3 Å². The van der Waals surface area contributed by atoms with Gasteiger partial charge in [-0.15, -0.1) is 0 Å². The van der Waals surface area contributed by atoms with Crippen molar-refractivity contribution < 1.29 is 13.2 Å². The molecule has 0 aliphatic heterocycles. The van der Waals surface area contributed by atoms with Gasteiger partial charge in [0.25, 0.3) is 15.9 Å². The number of carbonyl (C=O) groups is 1. The molecule has 0 heterocycles. The minimum Gasteiger partial charge on any atom is -0.322 e. The van der Waals surface area contributed by atoms with Gasteiger partial charge in [0, 0.05) is 16.9 Å². The highest BCUT2D eigenvalue weighted by atomic mass is 32.2. The summed E-state index contributed by atoms with van der Waals surface area (Å²) in [5, 5.41) is 2.79. The Balaban J connectivity index is 1.86. The molecule has 3 aromatic rings. The predicted octanol–water partition coefficient (Wildman–Crippen LogP) is 4.66. The van der Waals surface area contributed by atoms with E-state index in [0.717, 1.165) is 11.1 Å². The molecule has 3 aromatic carbocycles. The van der Waals surface area contributed by atoms with E-state index in [-0.39, 0.29) is 16.4 Å². The first-order valence-corrected chi connectivity index (χ1v) is 10.3. The molecule has 0 fully saturated rings. The van der Waals surface area contributed by atoms with Gasteiger partial charge in [0.15, 0.2) is 0 Å². The molecule has 2 N–H and O–H groups in total. The lowest BCUT2D eigenvalue weighted by Crippen LogP contribution is -2.17. The summed E-state index contributed by atoms with van der Waals surface area (Å²) in [6.07, 6.45) is 0. The van der Waals surface area contributed by atoms with Gasteiger partial charge in [-0.25, -0.2) is 8.42 Å². The van der Waals surface area contributed by atoms with Crippen molar-refractivity contribution in [2.24, 2.45) is 0 Å². The van der Waals surface area contributed by atoms with Gasteiger partial charge in [-0.2, -0.15) is 0 Å². The monoisotopic (exact) mass is 394 g/mol. The van der Waals surface area contributed by atoms with Crippen molar-refractivity contribution in [2.75, 3.05) is 10.0 Å². The van der Waals surface area contributed by atoms with Crippen LogP contribution in [0.15, 0.2) is 71.6 Å². The average molecular weight is 394 g/mol. The van der Waals surface area contributed by atoms with Crippen LogP contribution >= 0.6 is 0 Å². The second kappa shape index (κ2) is 7.86. The third-order valence-corrected chi connectivity index (χ3v) is 5.88. The molecular formula is C22H22N2O3S. The molecule has 0 atom stereocenters. The van der Waals surface area contributed by atoms with Crippen LogP contribution < -0.4 is 10.0 Å². The number of nitrogens with one attached hydrogen (secondary N) is 2. The van der Waals surface area contributed by atoms with E-state index in [2.05, 4.69) is 10.0 Å². The van der Waals surface area contributed by atoms with Crippen LogP contribution in [-0.2, 0) is 10.0 Å². The molecule has 0 spiro atoms. The number of rotatable bonds is 5. The molecule has 3 rings (SSSR count). The van der Waals surface area contributed by atoms with Crippen LogP contribution in [0, 0.1) is 20.8 Å². The molecule has 0 unspecified atom stereocenters. The number of benzene rings is 3. The highest BCUT2D eigenvalue weighted by molar-refractivity contribution is 7.92. The van der Waals surface area contributed by atoms with Gasteiger partial charge in [-0.3, -0.25) is 9.52 Å². The van der Waals surface area contributed by atoms with Crippen LogP contribution in [0.1, 0.15) is 27.0 Å². The first-order chi connectivity index (χ1) is 13.2. The largest absolute Gasteiger partial charge is 0.322 e. The zero-order valence-electron chi connectivity index (χ0n) is 16.0. The SMILES string of the molecule is Cc1ccc(NC(=O)c2ccc(C)c(S(=O)(=O)Nc3ccc(C)cc3)c2)cc1. The Morgan fingerprint density at radius 2 is 1.29 bits per heavy atom. The fourth-order valence-corrected chi connectivity index (χ4v) is 4.03. The van der Waals surface area contributed by atoms with Crippen LogP contribution in [0.2, 0.25) is 0 Å². The number of anilines is 2. The molecular weight excluding hydrogens is 372 g/mol. The van der Waals surface area contributed by atoms with E-state index in [1.165, 1.54) is 6.07 Å². The summed E-state index contributed by atoms with van der Waals surface area (Å²) in [5.41, 5.74) is 4.08. The van der Waals surface area contributed by atoms with Crippen LogP contribution in [0.4, 0.5) is 11.4 Å². The highest BCUT2D eigenvalue weighted by Gasteiger charge is 2.19. The summed E-state index contributed by atoms with van der Waals surface area (Å²) in [6, 6.07) is 19.1. The first-order valence-electron chi connectivity index (χ1n) is 8.83. The first kappa shape index (κ1) is 19.6. The van der Waals surface area contributed by atoms with E-state index in [1.807, 2.05) is 38.1 Å². The lowest BCUT2D eigenvalue weighted by atomic mass is 10.1. The fourth-order valence-electron chi connectivity index (χ4n) is 2.70. The summed E-state index contributed by atoms with van der Waals surface area (Å²) in [4.78, 5) is 12.6. The van der Waals surface area contributed by atoms with Gasteiger partial charge in [0.2, 0.25) is 0 Å². The Morgan fingerprint density at radius 1 is 0.750 bits per heavy atom. The molecule has 5 nitrogen and oxygen atoms in total. The van der Waals surface area contributed by atoms with Gasteiger partial charge in [0.05, 0.1) is 4.90 Å². The molecule has 0 aliphatic rings. The number of amides is 1. The van der Waals surface area contributed by atoms with Gasteiger partial charge in [0.1, 0.15) is 0 Å². The number of sulfonamides is 1. The summed E-state index contributed by atoms with van der Waals surface area (Å²) in [7, 11) is -3.82. The van der Waals surface area contributed by atoms with E-state index in [0.29, 0.717) is 16.9 Å². The molecule has 1 amide bonds. The maximum absolute atomic E-state index is 12.8. The van der Waals surface area contributed by atoms with Gasteiger partial charge in [-0.05, 0) is 62.7 Å². The lowest BCUT2D eigenvalue weighted by Gasteiger charge is -2.12. The van der Waals surface area contributed by atoms with Gasteiger partial charge < -0.3 is 5.32 Å². The van der Waals surface area contributed by atoms with E-state index in [1.54, 1.807) is 43.3 Å². The maximum Gasteiger partial charge on any atom is 0.262 e. The minimum atomic E-state index is -3.82. The minimum absolute atomic E-state index is 0.0737. The fraction of sp³-hybridized carbons (Fsp3) is 0.136. The molecule has 144 valence electrons. The zero-order chi connectivity index (χ0) is 20.3. The normalized spacial score (nSPS) is 11.1. The quantitative estimate of drug-likeness (QED) is 0.661. The van der Waals surface area contributed by atoms with Crippen molar-refractivity contribution in [3.63, 3.8) is 0 Å². The average Bonchev–Trinajstić information content (AvgIpc) is 2.65. The predicted molar refractivity (Wildman–Crippen MR) is 112 cm³/mol. The molecule has 0 aliphatic carbocycles. The van der Waals surface area contributed by atoms with Crippen molar-refractivity contribution in [1.29, 1.82) is 0 Å². The summed E-state index contributed by atoms with van der Waals surface area (Å²) >= 11 is 0. The summed E-state index contributed by atoms with van der Waals surface area (Å²) in [5.74, 6) is -0.365. The molecule has 0 aromatic heterocycles. The number of hydrogen-bond donors (Lipinski definition) is 2. The topological polar surface area (TPSA) is 75.3 Å². The van der Waals surface area contributed by atoms with Crippen LogP contribution in [0.5, 0.6) is 0 Å². The maximum atomic E-state index is 12.8. The van der Waals surface area contributed by atoms with Crippen LogP contribution in [0.25, 0.3) is 0 Å².